The number of nitrogens with zero attached hydrogens (tertiary/aromatic N) is 4. The van der Waals surface area contributed by atoms with Crippen molar-refractivity contribution in [2.45, 2.75) is 19.4 Å². The fraction of sp³-hybridized carbons (Fsp3) is 0.476. The van der Waals surface area contributed by atoms with Crippen LogP contribution in [0.25, 0.3) is 0 Å². The first-order valence-corrected chi connectivity index (χ1v) is 10.1. The molecule has 0 aliphatic carbocycles. The normalized spacial score (nSPS) is 18.0. The van der Waals surface area contributed by atoms with Crippen molar-refractivity contribution in [2.24, 2.45) is 5.92 Å². The Morgan fingerprint density at radius 3 is 2.55 bits per heavy atom. The van der Waals surface area contributed by atoms with Gasteiger partial charge in [0.15, 0.2) is 5.82 Å². The lowest BCUT2D eigenvalue weighted by Crippen LogP contribution is -2.42. The van der Waals surface area contributed by atoms with Crippen LogP contribution in [0.2, 0.25) is 0 Å². The van der Waals surface area contributed by atoms with Crippen molar-refractivity contribution in [1.82, 2.24) is 15.3 Å². The number of anilines is 2. The Kier molecular flexibility index (Phi) is 6.19. The molecule has 0 unspecified atom stereocenters. The molecule has 2 aliphatic rings. The number of morpholine rings is 1. The zero-order valence-corrected chi connectivity index (χ0v) is 16.4. The molecule has 0 saturated carbocycles. The van der Waals surface area contributed by atoms with Gasteiger partial charge in [-0.15, -0.1) is 0 Å². The van der Waals surface area contributed by atoms with Crippen molar-refractivity contribution >= 4 is 17.4 Å². The lowest BCUT2D eigenvalue weighted by molar-refractivity contribution is -0.125. The van der Waals surface area contributed by atoms with E-state index in [-0.39, 0.29) is 17.6 Å². The Morgan fingerprint density at radius 2 is 1.83 bits per heavy atom. The summed E-state index contributed by atoms with van der Waals surface area (Å²) in [6, 6.07) is 6.21. The molecule has 3 heterocycles. The third kappa shape index (κ3) is 4.82. The number of benzene rings is 1. The number of nitrogens with one attached hydrogen (secondary N) is 1. The summed E-state index contributed by atoms with van der Waals surface area (Å²) in [6.45, 7) is 5.07. The second kappa shape index (κ2) is 9.17. The van der Waals surface area contributed by atoms with E-state index in [2.05, 4.69) is 25.1 Å². The highest BCUT2D eigenvalue weighted by molar-refractivity contribution is 5.79. The van der Waals surface area contributed by atoms with Gasteiger partial charge in [0.2, 0.25) is 5.91 Å². The van der Waals surface area contributed by atoms with Crippen molar-refractivity contribution in [3.8, 4) is 0 Å². The van der Waals surface area contributed by atoms with Gasteiger partial charge in [0.05, 0.1) is 25.1 Å². The van der Waals surface area contributed by atoms with Gasteiger partial charge in [-0.3, -0.25) is 4.79 Å². The Labute approximate surface area is 169 Å². The third-order valence-electron chi connectivity index (χ3n) is 5.57. The van der Waals surface area contributed by atoms with E-state index in [0.717, 1.165) is 56.1 Å². The first-order chi connectivity index (χ1) is 14.2. The predicted molar refractivity (Wildman–Crippen MR) is 108 cm³/mol. The SMILES string of the molecule is O=C(NCc1ccc(F)cc1)C1CCN(c2cncnc2N2CCOCC2)CC1. The zero-order valence-electron chi connectivity index (χ0n) is 16.4. The molecule has 8 heteroatoms. The lowest BCUT2D eigenvalue weighted by Gasteiger charge is -2.36. The minimum Gasteiger partial charge on any atom is -0.378 e. The number of piperidine rings is 1. The monoisotopic (exact) mass is 399 g/mol. The maximum Gasteiger partial charge on any atom is 0.223 e. The van der Waals surface area contributed by atoms with E-state index in [9.17, 15) is 9.18 Å². The summed E-state index contributed by atoms with van der Waals surface area (Å²) in [5.41, 5.74) is 1.92. The van der Waals surface area contributed by atoms with Crippen LogP contribution in [0.4, 0.5) is 15.9 Å². The Bertz CT molecular complexity index is 818. The molecule has 0 spiro atoms. The van der Waals surface area contributed by atoms with Crippen LogP contribution in [0.3, 0.4) is 0 Å². The molecule has 1 aromatic carbocycles. The molecule has 2 aliphatic heterocycles. The summed E-state index contributed by atoms with van der Waals surface area (Å²) in [5, 5.41) is 2.98. The average molecular weight is 399 g/mol. The number of aromatic nitrogens is 2. The fourth-order valence-electron chi connectivity index (χ4n) is 3.88. The van der Waals surface area contributed by atoms with Crippen LogP contribution in [-0.2, 0) is 16.1 Å². The van der Waals surface area contributed by atoms with E-state index >= 15 is 0 Å². The lowest BCUT2D eigenvalue weighted by atomic mass is 9.95. The van der Waals surface area contributed by atoms with Crippen LogP contribution >= 0.6 is 0 Å². The molecule has 2 aromatic rings. The number of carbonyl (C=O) groups is 1. The van der Waals surface area contributed by atoms with Gasteiger partial charge in [-0.2, -0.15) is 0 Å². The second-order valence-electron chi connectivity index (χ2n) is 7.44. The van der Waals surface area contributed by atoms with E-state index < -0.39 is 0 Å². The molecular formula is C21H26FN5O2. The standard InChI is InChI=1S/C21H26FN5O2/c22-18-3-1-16(2-4-18)13-24-21(28)17-5-7-26(8-6-17)19-14-23-15-25-20(19)27-9-11-29-12-10-27/h1-4,14-15,17H,5-13H2,(H,24,28). The topological polar surface area (TPSA) is 70.6 Å². The van der Waals surface area contributed by atoms with Crippen LogP contribution in [0, 0.1) is 11.7 Å². The average Bonchev–Trinajstić information content (AvgIpc) is 2.79. The van der Waals surface area contributed by atoms with Gasteiger partial charge in [-0.1, -0.05) is 12.1 Å². The van der Waals surface area contributed by atoms with Gasteiger partial charge in [0.1, 0.15) is 12.1 Å². The van der Waals surface area contributed by atoms with Gasteiger partial charge in [0.25, 0.3) is 0 Å². The van der Waals surface area contributed by atoms with Crippen LogP contribution in [0.15, 0.2) is 36.8 Å². The Hall–Kier alpha value is -2.74. The molecular weight excluding hydrogens is 373 g/mol. The predicted octanol–water partition coefficient (Wildman–Crippen LogP) is 1.99. The number of carbonyl (C=O) groups excluding carboxylic acids is 1. The summed E-state index contributed by atoms with van der Waals surface area (Å²) < 4.78 is 18.4. The molecule has 2 saturated heterocycles. The van der Waals surface area contributed by atoms with Crippen molar-refractivity contribution in [3.05, 3.63) is 48.2 Å². The molecule has 154 valence electrons. The minimum atomic E-state index is -0.270. The molecule has 1 aromatic heterocycles. The van der Waals surface area contributed by atoms with Crippen molar-refractivity contribution in [1.29, 1.82) is 0 Å². The quantitative estimate of drug-likeness (QED) is 0.829. The number of hydrogen-bond acceptors (Lipinski definition) is 6. The van der Waals surface area contributed by atoms with E-state index in [1.54, 1.807) is 18.5 Å². The molecule has 4 rings (SSSR count). The number of halogens is 1. The Balaban J connectivity index is 1.32. The highest BCUT2D eigenvalue weighted by atomic mass is 19.1. The molecule has 2 fully saturated rings. The van der Waals surface area contributed by atoms with Crippen LogP contribution in [-0.4, -0.2) is 55.3 Å². The molecule has 0 bridgehead atoms. The minimum absolute atomic E-state index is 0.0110. The Morgan fingerprint density at radius 1 is 1.10 bits per heavy atom. The number of ether oxygens (including phenoxy) is 1. The molecule has 29 heavy (non-hydrogen) atoms. The number of hydrogen-bond donors (Lipinski definition) is 1. The van der Waals surface area contributed by atoms with Crippen LogP contribution in [0.5, 0.6) is 0 Å². The molecule has 7 nitrogen and oxygen atoms in total. The summed E-state index contributed by atoms with van der Waals surface area (Å²) in [6.07, 6.45) is 5.02. The van der Waals surface area contributed by atoms with Crippen molar-refractivity contribution in [2.75, 3.05) is 49.2 Å². The number of rotatable bonds is 5. The number of amides is 1. The largest absolute Gasteiger partial charge is 0.378 e. The van der Waals surface area contributed by atoms with Gasteiger partial charge >= 0.3 is 0 Å². The molecule has 0 atom stereocenters. The smallest absolute Gasteiger partial charge is 0.223 e. The van der Waals surface area contributed by atoms with Crippen molar-refractivity contribution < 1.29 is 13.9 Å². The summed E-state index contributed by atoms with van der Waals surface area (Å²) in [7, 11) is 0. The second-order valence-corrected chi connectivity index (χ2v) is 7.44. The van der Waals surface area contributed by atoms with E-state index in [4.69, 9.17) is 4.74 Å². The maximum absolute atomic E-state index is 13.0. The highest BCUT2D eigenvalue weighted by Crippen LogP contribution is 2.30. The van der Waals surface area contributed by atoms with Crippen LogP contribution < -0.4 is 15.1 Å². The van der Waals surface area contributed by atoms with Crippen molar-refractivity contribution in [3.63, 3.8) is 0 Å². The van der Waals surface area contributed by atoms with Gasteiger partial charge in [-0.25, -0.2) is 14.4 Å². The maximum atomic E-state index is 13.0. The molecule has 1 N–H and O–H groups in total. The molecule has 1 amide bonds. The van der Waals surface area contributed by atoms with E-state index in [0.29, 0.717) is 19.8 Å². The first kappa shape index (κ1) is 19.6. The first-order valence-electron chi connectivity index (χ1n) is 10.1. The van der Waals surface area contributed by atoms with E-state index in [1.807, 2.05) is 6.20 Å². The van der Waals surface area contributed by atoms with Crippen LogP contribution in [0.1, 0.15) is 18.4 Å². The summed E-state index contributed by atoms with van der Waals surface area (Å²) in [4.78, 5) is 25.8. The summed E-state index contributed by atoms with van der Waals surface area (Å²) >= 11 is 0. The van der Waals surface area contributed by atoms with Gasteiger partial charge in [-0.05, 0) is 30.5 Å². The van der Waals surface area contributed by atoms with Gasteiger partial charge in [0, 0.05) is 38.6 Å². The highest BCUT2D eigenvalue weighted by Gasteiger charge is 2.27. The van der Waals surface area contributed by atoms with E-state index in [1.165, 1.54) is 12.1 Å². The summed E-state index contributed by atoms with van der Waals surface area (Å²) in [5.74, 6) is 0.728. The third-order valence-corrected chi connectivity index (χ3v) is 5.57. The fourth-order valence-corrected chi connectivity index (χ4v) is 3.88. The van der Waals surface area contributed by atoms with Gasteiger partial charge < -0.3 is 19.9 Å². The zero-order chi connectivity index (χ0) is 20.1. The molecule has 0 radical (unpaired) electrons.